The second kappa shape index (κ2) is 10.1. The van der Waals surface area contributed by atoms with Crippen LogP contribution in [0.4, 0.5) is 5.69 Å². The fraction of sp³-hybridized carbons (Fsp3) is 0.0870. The van der Waals surface area contributed by atoms with Crippen molar-refractivity contribution in [3.63, 3.8) is 0 Å². The van der Waals surface area contributed by atoms with Crippen LogP contribution in [0.25, 0.3) is 11.4 Å². The molecule has 2 amide bonds. The predicted molar refractivity (Wildman–Crippen MR) is 121 cm³/mol. The molecule has 34 heavy (non-hydrogen) atoms. The van der Waals surface area contributed by atoms with E-state index in [4.69, 9.17) is 0 Å². The van der Waals surface area contributed by atoms with Crippen molar-refractivity contribution in [2.45, 2.75) is 13.0 Å². The summed E-state index contributed by atoms with van der Waals surface area (Å²) in [4.78, 5) is 36.4. The number of carbonyl (C=O) groups is 2. The molecule has 0 bridgehead atoms. The molecule has 0 saturated heterocycles. The number of hydrazine groups is 1. The molecule has 0 aliphatic carbocycles. The van der Waals surface area contributed by atoms with Crippen LogP contribution in [0.3, 0.4) is 0 Å². The summed E-state index contributed by atoms with van der Waals surface area (Å²) in [7, 11) is 0. The Morgan fingerprint density at radius 2 is 1.62 bits per heavy atom. The van der Waals surface area contributed by atoms with Gasteiger partial charge in [0.2, 0.25) is 11.7 Å². The van der Waals surface area contributed by atoms with Gasteiger partial charge >= 0.3 is 0 Å². The fourth-order valence-corrected chi connectivity index (χ4v) is 3.19. The first-order valence-electron chi connectivity index (χ1n) is 10.2. The van der Waals surface area contributed by atoms with Crippen molar-refractivity contribution in [3.05, 3.63) is 106 Å². The van der Waals surface area contributed by atoms with E-state index in [-0.39, 0.29) is 17.7 Å². The number of nitro benzene ring substituents is 1. The Morgan fingerprint density at radius 1 is 0.912 bits per heavy atom. The number of amides is 2. The van der Waals surface area contributed by atoms with Crippen LogP contribution in [0.2, 0.25) is 0 Å². The van der Waals surface area contributed by atoms with Gasteiger partial charge in [0.1, 0.15) is 0 Å². The van der Waals surface area contributed by atoms with E-state index in [2.05, 4.69) is 26.3 Å². The second-order valence-corrected chi connectivity index (χ2v) is 7.27. The van der Waals surface area contributed by atoms with Crippen LogP contribution in [0.15, 0.2) is 78.9 Å². The van der Waals surface area contributed by atoms with Crippen molar-refractivity contribution in [3.8, 4) is 11.4 Å². The zero-order valence-corrected chi connectivity index (χ0v) is 17.8. The van der Waals surface area contributed by atoms with E-state index in [1.54, 1.807) is 30.3 Å². The summed E-state index contributed by atoms with van der Waals surface area (Å²) in [6.07, 6.45) is -0.244. The number of nitrogens with zero attached hydrogens (tertiary/aromatic N) is 5. The molecule has 170 valence electrons. The van der Waals surface area contributed by atoms with Gasteiger partial charge in [-0.05, 0) is 22.9 Å². The van der Waals surface area contributed by atoms with Crippen LogP contribution in [0.5, 0.6) is 0 Å². The molecule has 0 atom stereocenters. The minimum Gasteiger partial charge on any atom is -0.273 e. The molecule has 11 heteroatoms. The summed E-state index contributed by atoms with van der Waals surface area (Å²) in [5.41, 5.74) is 6.73. The number of nitrogens with one attached hydrogen (secondary N) is 2. The lowest BCUT2D eigenvalue weighted by atomic mass is 10.1. The molecular formula is C23H19N7O4. The van der Waals surface area contributed by atoms with Crippen molar-refractivity contribution >= 4 is 17.5 Å². The summed E-state index contributed by atoms with van der Waals surface area (Å²) in [5.74, 6) is -0.577. The lowest BCUT2D eigenvalue weighted by molar-refractivity contribution is -0.385. The Bertz CT molecular complexity index is 1320. The number of benzene rings is 3. The quantitative estimate of drug-likeness (QED) is 0.320. The number of hydrogen-bond donors (Lipinski definition) is 2. The van der Waals surface area contributed by atoms with Gasteiger partial charge in [-0.1, -0.05) is 60.7 Å². The Hall–Kier alpha value is -4.93. The molecule has 2 N–H and O–H groups in total. The summed E-state index contributed by atoms with van der Waals surface area (Å²) in [6, 6.07) is 22.1. The van der Waals surface area contributed by atoms with Gasteiger partial charge in [0.15, 0.2) is 0 Å². The van der Waals surface area contributed by atoms with E-state index >= 15 is 0 Å². The molecule has 3 aromatic carbocycles. The van der Waals surface area contributed by atoms with Crippen LogP contribution < -0.4 is 10.9 Å². The second-order valence-electron chi connectivity index (χ2n) is 7.27. The molecule has 0 unspecified atom stereocenters. The van der Waals surface area contributed by atoms with Crippen molar-refractivity contribution in [1.82, 2.24) is 31.1 Å². The van der Waals surface area contributed by atoms with E-state index < -0.39 is 16.7 Å². The van der Waals surface area contributed by atoms with Gasteiger partial charge < -0.3 is 0 Å². The van der Waals surface area contributed by atoms with Crippen molar-refractivity contribution in [2.75, 3.05) is 0 Å². The lowest BCUT2D eigenvalue weighted by Crippen LogP contribution is -2.42. The monoisotopic (exact) mass is 457 g/mol. The van der Waals surface area contributed by atoms with Gasteiger partial charge in [-0.25, -0.2) is 0 Å². The summed E-state index contributed by atoms with van der Waals surface area (Å²) >= 11 is 0. The van der Waals surface area contributed by atoms with Crippen molar-refractivity contribution in [1.29, 1.82) is 0 Å². The van der Waals surface area contributed by atoms with Crippen LogP contribution in [0, 0.1) is 10.1 Å². The first kappa shape index (κ1) is 22.3. The normalized spacial score (nSPS) is 10.5. The van der Waals surface area contributed by atoms with E-state index in [0.717, 1.165) is 11.1 Å². The van der Waals surface area contributed by atoms with Crippen LogP contribution in [-0.2, 0) is 17.8 Å². The van der Waals surface area contributed by atoms with E-state index in [0.29, 0.717) is 17.9 Å². The molecule has 0 spiro atoms. The van der Waals surface area contributed by atoms with Gasteiger partial charge in [0.05, 0.1) is 17.9 Å². The van der Waals surface area contributed by atoms with Gasteiger partial charge in [0.25, 0.3) is 11.6 Å². The van der Waals surface area contributed by atoms with Crippen LogP contribution in [-0.4, -0.2) is 36.9 Å². The highest BCUT2D eigenvalue weighted by Gasteiger charge is 2.16. The predicted octanol–water partition coefficient (Wildman–Crippen LogP) is 2.30. The Balaban J connectivity index is 1.31. The number of para-hydroxylation sites is 1. The molecule has 1 heterocycles. The minimum atomic E-state index is -0.578. The zero-order chi connectivity index (χ0) is 23.9. The van der Waals surface area contributed by atoms with E-state index in [1.807, 2.05) is 30.3 Å². The Kier molecular flexibility index (Phi) is 6.63. The van der Waals surface area contributed by atoms with Crippen molar-refractivity contribution in [2.24, 2.45) is 0 Å². The highest BCUT2D eigenvalue weighted by Crippen LogP contribution is 2.18. The topological polar surface area (TPSA) is 145 Å². The maximum absolute atomic E-state index is 12.3. The van der Waals surface area contributed by atoms with Gasteiger partial charge in [-0.3, -0.25) is 30.6 Å². The molecule has 4 aromatic rings. The van der Waals surface area contributed by atoms with Crippen molar-refractivity contribution < 1.29 is 14.5 Å². The number of carbonyl (C=O) groups excluding carboxylic acids is 2. The number of hydrogen-bond acceptors (Lipinski definition) is 7. The van der Waals surface area contributed by atoms with Gasteiger partial charge in [-0.15, -0.1) is 10.2 Å². The third-order valence-electron chi connectivity index (χ3n) is 4.88. The third kappa shape index (κ3) is 5.46. The summed E-state index contributed by atoms with van der Waals surface area (Å²) in [6.45, 7) is 0.369. The Labute approximate surface area is 193 Å². The van der Waals surface area contributed by atoms with E-state index in [1.165, 1.54) is 23.0 Å². The number of nitro groups is 1. The first-order valence-corrected chi connectivity index (χ1v) is 10.2. The highest BCUT2D eigenvalue weighted by molar-refractivity contribution is 5.95. The number of aromatic nitrogens is 4. The standard InChI is InChI=1S/C23H19N7O4/c31-21(14-19-8-4-5-9-20(19)30(33)34)24-26-23(32)18-12-10-16(11-13-18)15-29-27-22(25-28-29)17-6-2-1-3-7-17/h1-13H,14-15H2,(H,24,31)(H,26,32). The zero-order valence-electron chi connectivity index (χ0n) is 17.8. The molecule has 1 aromatic heterocycles. The highest BCUT2D eigenvalue weighted by atomic mass is 16.6. The lowest BCUT2D eigenvalue weighted by Gasteiger charge is -2.08. The largest absolute Gasteiger partial charge is 0.273 e. The number of tetrazole rings is 1. The average Bonchev–Trinajstić information content (AvgIpc) is 3.32. The maximum atomic E-state index is 12.3. The fourth-order valence-electron chi connectivity index (χ4n) is 3.19. The van der Waals surface area contributed by atoms with Crippen LogP contribution in [0.1, 0.15) is 21.5 Å². The first-order chi connectivity index (χ1) is 16.5. The molecule has 0 radical (unpaired) electrons. The number of rotatable bonds is 7. The smallest absolute Gasteiger partial charge is 0.273 e. The molecule has 11 nitrogen and oxygen atoms in total. The summed E-state index contributed by atoms with van der Waals surface area (Å²) in [5, 5.41) is 23.5. The molecule has 0 aliphatic heterocycles. The molecule has 0 saturated carbocycles. The maximum Gasteiger partial charge on any atom is 0.273 e. The van der Waals surface area contributed by atoms with Crippen LogP contribution >= 0.6 is 0 Å². The average molecular weight is 457 g/mol. The molecule has 0 aliphatic rings. The molecule has 4 rings (SSSR count). The third-order valence-corrected chi connectivity index (χ3v) is 4.88. The SMILES string of the molecule is O=C(Cc1ccccc1[N+](=O)[O-])NNC(=O)c1ccc(Cn2nnc(-c3ccccc3)n2)cc1. The van der Waals surface area contributed by atoms with Gasteiger partial charge in [0, 0.05) is 22.8 Å². The Morgan fingerprint density at radius 3 is 2.35 bits per heavy atom. The molecular weight excluding hydrogens is 438 g/mol. The molecule has 0 fully saturated rings. The van der Waals surface area contributed by atoms with Gasteiger partial charge in [-0.2, -0.15) is 4.80 Å². The minimum absolute atomic E-state index is 0.155. The summed E-state index contributed by atoms with van der Waals surface area (Å²) < 4.78 is 0. The van der Waals surface area contributed by atoms with E-state index in [9.17, 15) is 19.7 Å².